The van der Waals surface area contributed by atoms with Crippen molar-refractivity contribution in [1.82, 2.24) is 20.5 Å². The molecular formula is C16H17N5O2S. The Morgan fingerprint density at radius 1 is 1.42 bits per heavy atom. The maximum absolute atomic E-state index is 12.7. The molecular weight excluding hydrogens is 326 g/mol. The van der Waals surface area contributed by atoms with E-state index < -0.39 is 5.54 Å². The summed E-state index contributed by atoms with van der Waals surface area (Å²) in [5, 5.41) is 12.6. The van der Waals surface area contributed by atoms with Crippen LogP contribution >= 0.6 is 11.8 Å². The molecule has 2 amide bonds. The molecule has 3 N–H and O–H groups in total. The molecule has 124 valence electrons. The van der Waals surface area contributed by atoms with E-state index in [1.807, 2.05) is 13.0 Å². The number of amides is 2. The molecule has 24 heavy (non-hydrogen) atoms. The first-order valence-corrected chi connectivity index (χ1v) is 8.75. The van der Waals surface area contributed by atoms with Crippen molar-refractivity contribution in [3.05, 3.63) is 35.9 Å². The molecule has 2 aromatic rings. The number of thioether (sulfide) groups is 1. The zero-order chi connectivity index (χ0) is 16.7. The maximum atomic E-state index is 12.7. The van der Waals surface area contributed by atoms with Gasteiger partial charge in [-0.3, -0.25) is 14.7 Å². The SMILES string of the molecule is C[C@H]1Sc2ccc(C(=O)NC3(c4ncn[nH]4)CCC3)cc2NC1=O. The van der Waals surface area contributed by atoms with E-state index in [-0.39, 0.29) is 17.1 Å². The topological polar surface area (TPSA) is 99.8 Å². The number of carbonyl (C=O) groups excluding carboxylic acids is 2. The van der Waals surface area contributed by atoms with Gasteiger partial charge in [0.1, 0.15) is 12.2 Å². The maximum Gasteiger partial charge on any atom is 0.252 e. The molecule has 7 nitrogen and oxygen atoms in total. The predicted molar refractivity (Wildman–Crippen MR) is 89.8 cm³/mol. The number of hydrogen-bond donors (Lipinski definition) is 3. The minimum atomic E-state index is -0.462. The highest BCUT2D eigenvalue weighted by molar-refractivity contribution is 8.00. The minimum absolute atomic E-state index is 0.0396. The molecule has 1 atom stereocenters. The summed E-state index contributed by atoms with van der Waals surface area (Å²) in [5.41, 5.74) is 0.754. The van der Waals surface area contributed by atoms with Crippen LogP contribution in [0.4, 0.5) is 5.69 Å². The molecule has 2 aliphatic rings. The molecule has 0 unspecified atom stereocenters. The van der Waals surface area contributed by atoms with Gasteiger partial charge in [-0.25, -0.2) is 4.98 Å². The molecule has 0 saturated heterocycles. The van der Waals surface area contributed by atoms with E-state index in [9.17, 15) is 9.59 Å². The Morgan fingerprint density at radius 2 is 2.25 bits per heavy atom. The average Bonchev–Trinajstić information content (AvgIpc) is 3.06. The van der Waals surface area contributed by atoms with Crippen LogP contribution in [0, 0.1) is 0 Å². The average molecular weight is 343 g/mol. The third-order valence-electron chi connectivity index (χ3n) is 4.60. The highest BCUT2D eigenvalue weighted by Gasteiger charge is 2.43. The Kier molecular flexibility index (Phi) is 3.56. The van der Waals surface area contributed by atoms with Crippen LogP contribution < -0.4 is 10.6 Å². The smallest absolute Gasteiger partial charge is 0.252 e. The molecule has 4 rings (SSSR count). The normalized spacial score (nSPS) is 21.4. The lowest BCUT2D eigenvalue weighted by molar-refractivity contribution is -0.115. The molecule has 1 saturated carbocycles. The summed E-state index contributed by atoms with van der Waals surface area (Å²) in [6, 6.07) is 5.40. The van der Waals surface area contributed by atoms with Gasteiger partial charge in [-0.05, 0) is 44.4 Å². The molecule has 0 radical (unpaired) electrons. The number of benzene rings is 1. The lowest BCUT2D eigenvalue weighted by Crippen LogP contribution is -2.51. The van der Waals surface area contributed by atoms with Crippen molar-refractivity contribution < 1.29 is 9.59 Å². The monoisotopic (exact) mass is 343 g/mol. The number of aromatic amines is 1. The Labute approximate surface area is 143 Å². The lowest BCUT2D eigenvalue weighted by Gasteiger charge is -2.40. The van der Waals surface area contributed by atoms with E-state index in [4.69, 9.17) is 0 Å². The van der Waals surface area contributed by atoms with Crippen LogP contribution in [-0.2, 0) is 10.3 Å². The van der Waals surface area contributed by atoms with Gasteiger partial charge in [-0.2, -0.15) is 5.10 Å². The quantitative estimate of drug-likeness (QED) is 0.792. The summed E-state index contributed by atoms with van der Waals surface area (Å²) >= 11 is 1.50. The van der Waals surface area contributed by atoms with Crippen LogP contribution in [0.5, 0.6) is 0 Å². The van der Waals surface area contributed by atoms with E-state index in [0.717, 1.165) is 24.2 Å². The predicted octanol–water partition coefficient (Wildman–Crippen LogP) is 2.05. The summed E-state index contributed by atoms with van der Waals surface area (Å²) in [5.74, 6) is 0.478. The molecule has 0 spiro atoms. The standard InChI is InChI=1S/C16H17N5O2S/c1-9-13(22)19-11-7-10(3-4-12(11)24-9)14(23)20-16(5-2-6-16)15-17-8-18-21-15/h3-4,7-9H,2,5-6H2,1H3,(H,19,22)(H,20,23)(H,17,18,21)/t9-/m1/s1. The van der Waals surface area contributed by atoms with Crippen molar-refractivity contribution >= 4 is 29.3 Å². The van der Waals surface area contributed by atoms with Gasteiger partial charge >= 0.3 is 0 Å². The zero-order valence-electron chi connectivity index (χ0n) is 13.1. The number of fused-ring (bicyclic) bond motifs is 1. The second-order valence-electron chi connectivity index (χ2n) is 6.18. The summed E-state index contributed by atoms with van der Waals surface area (Å²) in [6.07, 6.45) is 4.16. The number of carbonyl (C=O) groups is 2. The van der Waals surface area contributed by atoms with Crippen molar-refractivity contribution in [2.75, 3.05) is 5.32 Å². The summed E-state index contributed by atoms with van der Waals surface area (Å²) in [6.45, 7) is 1.86. The number of nitrogens with zero attached hydrogens (tertiary/aromatic N) is 2. The number of aromatic nitrogens is 3. The van der Waals surface area contributed by atoms with Crippen molar-refractivity contribution in [2.45, 2.75) is 41.9 Å². The van der Waals surface area contributed by atoms with Gasteiger partial charge in [-0.1, -0.05) is 0 Å². The van der Waals surface area contributed by atoms with Crippen molar-refractivity contribution in [1.29, 1.82) is 0 Å². The molecule has 1 aliphatic heterocycles. The zero-order valence-corrected chi connectivity index (χ0v) is 13.9. The van der Waals surface area contributed by atoms with Crippen LogP contribution in [0.25, 0.3) is 0 Å². The molecule has 2 heterocycles. The van der Waals surface area contributed by atoms with Crippen molar-refractivity contribution in [2.24, 2.45) is 0 Å². The third-order valence-corrected chi connectivity index (χ3v) is 5.78. The first-order chi connectivity index (χ1) is 11.6. The second kappa shape index (κ2) is 5.62. The number of hydrogen-bond acceptors (Lipinski definition) is 5. The van der Waals surface area contributed by atoms with Crippen LogP contribution in [0.1, 0.15) is 42.4 Å². The first kappa shape index (κ1) is 15.2. The Balaban J connectivity index is 1.57. The number of H-pyrrole nitrogens is 1. The minimum Gasteiger partial charge on any atom is -0.339 e. The van der Waals surface area contributed by atoms with Gasteiger partial charge in [0.05, 0.1) is 16.5 Å². The van der Waals surface area contributed by atoms with Crippen LogP contribution in [0.3, 0.4) is 0 Å². The number of anilines is 1. The Morgan fingerprint density at radius 3 is 2.92 bits per heavy atom. The van der Waals surface area contributed by atoms with Crippen LogP contribution in [0.15, 0.2) is 29.4 Å². The molecule has 1 aromatic heterocycles. The van der Waals surface area contributed by atoms with Gasteiger partial charge in [0.2, 0.25) is 5.91 Å². The van der Waals surface area contributed by atoms with E-state index in [1.165, 1.54) is 18.1 Å². The van der Waals surface area contributed by atoms with Crippen LogP contribution in [0.2, 0.25) is 0 Å². The van der Waals surface area contributed by atoms with Gasteiger partial charge in [-0.15, -0.1) is 11.8 Å². The Hall–Kier alpha value is -2.35. The fraction of sp³-hybridized carbons (Fsp3) is 0.375. The molecule has 1 aliphatic carbocycles. The number of rotatable bonds is 3. The highest BCUT2D eigenvalue weighted by atomic mass is 32.2. The van der Waals surface area contributed by atoms with E-state index in [2.05, 4.69) is 25.8 Å². The van der Waals surface area contributed by atoms with Gasteiger partial charge in [0, 0.05) is 10.5 Å². The van der Waals surface area contributed by atoms with Gasteiger partial charge < -0.3 is 10.6 Å². The molecule has 1 fully saturated rings. The molecule has 1 aromatic carbocycles. The summed E-state index contributed by atoms with van der Waals surface area (Å²) < 4.78 is 0. The van der Waals surface area contributed by atoms with Gasteiger partial charge in [0.25, 0.3) is 5.91 Å². The number of nitrogens with one attached hydrogen (secondary N) is 3. The largest absolute Gasteiger partial charge is 0.339 e. The van der Waals surface area contributed by atoms with Crippen molar-refractivity contribution in [3.8, 4) is 0 Å². The van der Waals surface area contributed by atoms with Crippen molar-refractivity contribution in [3.63, 3.8) is 0 Å². The fourth-order valence-electron chi connectivity index (χ4n) is 3.03. The van der Waals surface area contributed by atoms with E-state index in [0.29, 0.717) is 17.1 Å². The van der Waals surface area contributed by atoms with E-state index >= 15 is 0 Å². The van der Waals surface area contributed by atoms with Crippen LogP contribution in [-0.4, -0.2) is 32.2 Å². The lowest BCUT2D eigenvalue weighted by atomic mass is 9.76. The van der Waals surface area contributed by atoms with Gasteiger partial charge in [0.15, 0.2) is 0 Å². The third kappa shape index (κ3) is 2.47. The fourth-order valence-corrected chi connectivity index (χ4v) is 3.96. The Bertz CT molecular complexity index is 801. The second-order valence-corrected chi connectivity index (χ2v) is 7.57. The highest BCUT2D eigenvalue weighted by Crippen LogP contribution is 2.40. The summed E-state index contributed by atoms with van der Waals surface area (Å²) in [7, 11) is 0. The van der Waals surface area contributed by atoms with E-state index in [1.54, 1.807) is 12.1 Å². The first-order valence-electron chi connectivity index (χ1n) is 7.87. The molecule has 8 heteroatoms. The molecule has 0 bridgehead atoms. The summed E-state index contributed by atoms with van der Waals surface area (Å²) in [4.78, 5) is 29.7.